The molecule has 0 aliphatic heterocycles. The Hall–Kier alpha value is -2.46. The van der Waals surface area contributed by atoms with Gasteiger partial charge < -0.3 is 5.32 Å². The molecule has 0 bridgehead atoms. The molecule has 1 N–H and O–H groups in total. The van der Waals surface area contributed by atoms with Gasteiger partial charge in [0, 0.05) is 18.4 Å². The molecule has 1 aliphatic carbocycles. The van der Waals surface area contributed by atoms with Gasteiger partial charge in [0.2, 0.25) is 17.7 Å². The number of benzene rings is 1. The lowest BCUT2D eigenvalue weighted by molar-refractivity contribution is -0.118. The van der Waals surface area contributed by atoms with Gasteiger partial charge in [-0.3, -0.25) is 4.79 Å². The average Bonchev–Trinajstić information content (AvgIpc) is 3.37. The summed E-state index contributed by atoms with van der Waals surface area (Å²) in [5.41, 5.74) is 1.38. The molecule has 152 valence electrons. The number of alkyl halides is 2. The van der Waals surface area contributed by atoms with Gasteiger partial charge in [-0.2, -0.15) is 4.80 Å². The van der Waals surface area contributed by atoms with Crippen molar-refractivity contribution in [1.29, 1.82) is 0 Å². The Morgan fingerprint density at radius 2 is 2.14 bits per heavy atom. The first-order chi connectivity index (χ1) is 13.8. The van der Waals surface area contributed by atoms with Crippen molar-refractivity contribution in [3.8, 4) is 11.4 Å². The molecule has 3 aromatic rings. The van der Waals surface area contributed by atoms with Crippen LogP contribution in [0.5, 0.6) is 0 Å². The van der Waals surface area contributed by atoms with Crippen molar-refractivity contribution in [3.63, 3.8) is 0 Å². The Balaban J connectivity index is 1.61. The van der Waals surface area contributed by atoms with E-state index in [1.54, 1.807) is 31.3 Å². The largest absolute Gasteiger partial charge is 0.301 e. The van der Waals surface area contributed by atoms with Crippen molar-refractivity contribution in [1.82, 2.24) is 25.2 Å². The van der Waals surface area contributed by atoms with E-state index in [0.717, 1.165) is 16.9 Å². The predicted molar refractivity (Wildman–Crippen MR) is 105 cm³/mol. The summed E-state index contributed by atoms with van der Waals surface area (Å²) in [7, 11) is 1.66. The number of tetrazole rings is 1. The van der Waals surface area contributed by atoms with Crippen LogP contribution in [0.25, 0.3) is 11.4 Å². The van der Waals surface area contributed by atoms with Crippen LogP contribution in [-0.4, -0.2) is 37.0 Å². The normalized spacial score (nSPS) is 19.2. The molecule has 2 aromatic heterocycles. The van der Waals surface area contributed by atoms with Gasteiger partial charge in [-0.05, 0) is 23.1 Å². The lowest BCUT2D eigenvalue weighted by Crippen LogP contribution is -2.27. The van der Waals surface area contributed by atoms with Crippen LogP contribution in [0.4, 0.5) is 13.9 Å². The molecule has 2 heterocycles. The van der Waals surface area contributed by atoms with Crippen LogP contribution >= 0.6 is 22.9 Å². The minimum atomic E-state index is -2.75. The molecule has 11 heteroatoms. The van der Waals surface area contributed by atoms with E-state index in [1.807, 2.05) is 0 Å². The highest BCUT2D eigenvalue weighted by Crippen LogP contribution is 2.46. The first-order valence-electron chi connectivity index (χ1n) is 8.95. The molecule has 29 heavy (non-hydrogen) atoms. The fourth-order valence-electron chi connectivity index (χ4n) is 3.64. The standard InChI is InChI=1S/C18H17ClF2N6OS/c1-27-25-15(24-26-27)11-4-2-10(3-5-11)14(12-6-7-18(20,21)8-12)16(28)23-17-22-9-13(19)29-17/h2-5,9,12,14H,6-8H2,1H3,(H,22,23,28)/t12-,14+/m0/s1. The van der Waals surface area contributed by atoms with Gasteiger partial charge in [0.1, 0.15) is 4.34 Å². The van der Waals surface area contributed by atoms with Crippen LogP contribution < -0.4 is 5.32 Å². The summed E-state index contributed by atoms with van der Waals surface area (Å²) in [5.74, 6) is -3.87. The number of carbonyl (C=O) groups is 1. The van der Waals surface area contributed by atoms with Crippen molar-refractivity contribution in [2.24, 2.45) is 13.0 Å². The molecule has 7 nitrogen and oxygen atoms in total. The summed E-state index contributed by atoms with van der Waals surface area (Å²) in [5, 5.41) is 15.0. The van der Waals surface area contributed by atoms with Gasteiger partial charge in [-0.1, -0.05) is 47.2 Å². The number of halogens is 3. The number of anilines is 1. The number of rotatable bonds is 5. The minimum absolute atomic E-state index is 0.216. The van der Waals surface area contributed by atoms with E-state index in [9.17, 15) is 13.6 Å². The molecule has 0 radical (unpaired) electrons. The fourth-order valence-corrected chi connectivity index (χ4v) is 4.46. The number of hydrogen-bond acceptors (Lipinski definition) is 6. The Morgan fingerprint density at radius 1 is 1.38 bits per heavy atom. The number of aromatic nitrogens is 5. The minimum Gasteiger partial charge on any atom is -0.301 e. The van der Waals surface area contributed by atoms with Crippen LogP contribution in [0.3, 0.4) is 0 Å². The van der Waals surface area contributed by atoms with E-state index in [0.29, 0.717) is 20.9 Å². The second-order valence-electron chi connectivity index (χ2n) is 7.02. The average molecular weight is 439 g/mol. The van der Waals surface area contributed by atoms with E-state index < -0.39 is 17.8 Å². The maximum atomic E-state index is 13.9. The highest BCUT2D eigenvalue weighted by Gasteiger charge is 2.45. The second-order valence-corrected chi connectivity index (χ2v) is 8.68. The van der Waals surface area contributed by atoms with E-state index in [1.165, 1.54) is 11.0 Å². The Morgan fingerprint density at radius 3 is 2.69 bits per heavy atom. The van der Waals surface area contributed by atoms with Gasteiger partial charge in [0.15, 0.2) is 5.13 Å². The quantitative estimate of drug-likeness (QED) is 0.646. The fraction of sp³-hybridized carbons (Fsp3) is 0.389. The molecule has 1 amide bonds. The zero-order valence-corrected chi connectivity index (χ0v) is 16.9. The zero-order chi connectivity index (χ0) is 20.6. The highest BCUT2D eigenvalue weighted by atomic mass is 35.5. The maximum Gasteiger partial charge on any atom is 0.248 e. The van der Waals surface area contributed by atoms with E-state index in [2.05, 4.69) is 25.7 Å². The van der Waals surface area contributed by atoms with Crippen LogP contribution in [0.15, 0.2) is 30.5 Å². The van der Waals surface area contributed by atoms with E-state index >= 15 is 0 Å². The first-order valence-corrected chi connectivity index (χ1v) is 10.1. The molecule has 0 unspecified atom stereocenters. The lowest BCUT2D eigenvalue weighted by Gasteiger charge is -2.23. The molecule has 0 spiro atoms. The number of carbonyl (C=O) groups excluding carboxylic acids is 1. The summed E-state index contributed by atoms with van der Waals surface area (Å²) >= 11 is 6.99. The van der Waals surface area contributed by atoms with Crippen molar-refractivity contribution in [2.45, 2.75) is 31.1 Å². The van der Waals surface area contributed by atoms with E-state index in [4.69, 9.17) is 11.6 Å². The third kappa shape index (κ3) is 4.43. The predicted octanol–water partition coefficient (Wildman–Crippen LogP) is 4.14. The molecule has 0 saturated heterocycles. The SMILES string of the molecule is Cn1nnc(-c2ccc([C@@H](C(=O)Nc3ncc(Cl)s3)[C@H]3CCC(F)(F)C3)cc2)n1. The van der Waals surface area contributed by atoms with Crippen LogP contribution in [0.1, 0.15) is 30.7 Å². The van der Waals surface area contributed by atoms with Crippen LogP contribution in [-0.2, 0) is 11.8 Å². The lowest BCUT2D eigenvalue weighted by atomic mass is 9.83. The number of amides is 1. The Kier molecular flexibility index (Phi) is 5.30. The molecular formula is C18H17ClF2N6OS. The van der Waals surface area contributed by atoms with Gasteiger partial charge in [0.25, 0.3) is 0 Å². The number of hydrogen-bond donors (Lipinski definition) is 1. The Bertz CT molecular complexity index is 1020. The zero-order valence-electron chi connectivity index (χ0n) is 15.3. The summed E-state index contributed by atoms with van der Waals surface area (Å²) in [6, 6.07) is 7.03. The number of aryl methyl sites for hydroxylation is 1. The molecule has 1 aliphatic rings. The topological polar surface area (TPSA) is 85.6 Å². The summed E-state index contributed by atoms with van der Waals surface area (Å²) in [6.07, 6.45) is 1.17. The summed E-state index contributed by atoms with van der Waals surface area (Å²) in [4.78, 5) is 18.4. The third-order valence-electron chi connectivity index (χ3n) is 4.94. The van der Waals surface area contributed by atoms with Crippen molar-refractivity contribution >= 4 is 34.0 Å². The van der Waals surface area contributed by atoms with Gasteiger partial charge in [-0.15, -0.1) is 10.2 Å². The summed E-state index contributed by atoms with van der Waals surface area (Å²) < 4.78 is 28.2. The molecule has 4 rings (SSSR count). The van der Waals surface area contributed by atoms with Gasteiger partial charge in [0.05, 0.1) is 19.2 Å². The molecule has 2 atom stereocenters. The molecule has 1 aromatic carbocycles. The van der Waals surface area contributed by atoms with Crippen molar-refractivity contribution in [3.05, 3.63) is 40.4 Å². The smallest absolute Gasteiger partial charge is 0.248 e. The third-order valence-corrected chi connectivity index (χ3v) is 5.97. The molecule has 1 fully saturated rings. The maximum absolute atomic E-state index is 13.9. The van der Waals surface area contributed by atoms with Crippen molar-refractivity contribution in [2.75, 3.05) is 5.32 Å². The van der Waals surface area contributed by atoms with Gasteiger partial charge in [-0.25, -0.2) is 13.8 Å². The highest BCUT2D eigenvalue weighted by molar-refractivity contribution is 7.19. The number of nitrogens with one attached hydrogen (secondary N) is 1. The molecular weight excluding hydrogens is 422 g/mol. The monoisotopic (exact) mass is 438 g/mol. The second kappa shape index (κ2) is 7.75. The first kappa shape index (κ1) is 19.8. The van der Waals surface area contributed by atoms with Crippen LogP contribution in [0, 0.1) is 5.92 Å². The van der Waals surface area contributed by atoms with Crippen molar-refractivity contribution < 1.29 is 13.6 Å². The van der Waals surface area contributed by atoms with Gasteiger partial charge >= 0.3 is 0 Å². The van der Waals surface area contributed by atoms with E-state index in [-0.39, 0.29) is 25.2 Å². The number of nitrogens with zero attached hydrogens (tertiary/aromatic N) is 5. The summed E-state index contributed by atoms with van der Waals surface area (Å²) in [6.45, 7) is 0. The number of thiazole rings is 1. The van der Waals surface area contributed by atoms with Crippen LogP contribution in [0.2, 0.25) is 4.34 Å². The Labute approximate surface area is 174 Å². The molecule has 1 saturated carbocycles.